The molecule has 0 aliphatic heterocycles. The average Bonchev–Trinajstić information content (AvgIpc) is 2.34. The minimum Gasteiger partial charge on any atom is -0.508 e. The third-order valence-corrected chi connectivity index (χ3v) is 3.54. The van der Waals surface area contributed by atoms with E-state index in [2.05, 4.69) is 41.2 Å². The Morgan fingerprint density at radius 3 is 2.32 bits per heavy atom. The van der Waals surface area contributed by atoms with E-state index in [0.29, 0.717) is 11.1 Å². The SMILES string of the molecule is C=C(C)C(=O)OCc1cc(C(C)(C)CC(C)(C)C)ccc1O. The van der Waals surface area contributed by atoms with Gasteiger partial charge in [0, 0.05) is 11.1 Å². The normalized spacial score (nSPS) is 12.1. The number of phenols is 1. The minimum absolute atomic E-state index is 0.0287. The summed E-state index contributed by atoms with van der Waals surface area (Å²) in [5.74, 6) is -0.302. The first-order valence-electron chi connectivity index (χ1n) is 7.57. The Balaban J connectivity index is 2.98. The molecule has 3 nitrogen and oxygen atoms in total. The second-order valence-electron chi connectivity index (χ2n) is 7.82. The molecule has 0 aliphatic rings. The van der Waals surface area contributed by atoms with Crippen LogP contribution in [0.1, 0.15) is 59.1 Å². The molecule has 0 radical (unpaired) electrons. The van der Waals surface area contributed by atoms with Crippen molar-refractivity contribution in [2.24, 2.45) is 5.41 Å². The molecule has 0 spiro atoms. The lowest BCUT2D eigenvalue weighted by molar-refractivity contribution is -0.140. The van der Waals surface area contributed by atoms with Crippen LogP contribution in [0.5, 0.6) is 5.75 Å². The molecule has 0 unspecified atom stereocenters. The van der Waals surface area contributed by atoms with E-state index in [0.717, 1.165) is 12.0 Å². The predicted molar refractivity (Wildman–Crippen MR) is 89.8 cm³/mol. The summed E-state index contributed by atoms with van der Waals surface area (Å²) in [6.45, 7) is 16.2. The number of rotatable bonds is 5. The lowest BCUT2D eigenvalue weighted by atomic mass is 9.72. The van der Waals surface area contributed by atoms with Crippen LogP contribution in [0, 0.1) is 5.41 Å². The molecule has 1 rings (SSSR count). The molecular formula is C19H28O3. The highest BCUT2D eigenvalue weighted by atomic mass is 16.5. The smallest absolute Gasteiger partial charge is 0.333 e. The number of carbonyl (C=O) groups excluding carboxylic acids is 1. The first kappa shape index (κ1) is 18.3. The zero-order valence-electron chi connectivity index (χ0n) is 14.6. The van der Waals surface area contributed by atoms with Crippen LogP contribution in [0.25, 0.3) is 0 Å². The Kier molecular flexibility index (Phi) is 5.44. The number of benzene rings is 1. The minimum atomic E-state index is -0.446. The third kappa shape index (κ3) is 5.21. The number of ether oxygens (including phenoxy) is 1. The van der Waals surface area contributed by atoms with Crippen molar-refractivity contribution in [3.8, 4) is 5.75 Å². The quantitative estimate of drug-likeness (QED) is 0.632. The van der Waals surface area contributed by atoms with Crippen LogP contribution in [-0.4, -0.2) is 11.1 Å². The van der Waals surface area contributed by atoms with E-state index in [9.17, 15) is 9.90 Å². The molecule has 3 heteroatoms. The molecule has 0 saturated carbocycles. The third-order valence-electron chi connectivity index (χ3n) is 3.54. The highest BCUT2D eigenvalue weighted by Gasteiger charge is 2.27. The fraction of sp³-hybridized carbons (Fsp3) is 0.526. The number of hydrogen-bond donors (Lipinski definition) is 1. The van der Waals surface area contributed by atoms with Crippen molar-refractivity contribution < 1.29 is 14.6 Å². The van der Waals surface area contributed by atoms with Crippen LogP contribution >= 0.6 is 0 Å². The molecule has 0 saturated heterocycles. The van der Waals surface area contributed by atoms with Crippen LogP contribution in [0.3, 0.4) is 0 Å². The van der Waals surface area contributed by atoms with Crippen LogP contribution < -0.4 is 0 Å². The largest absolute Gasteiger partial charge is 0.508 e. The number of hydrogen-bond acceptors (Lipinski definition) is 3. The van der Waals surface area contributed by atoms with E-state index >= 15 is 0 Å². The summed E-state index contributed by atoms with van der Waals surface area (Å²) in [5.41, 5.74) is 2.27. The molecule has 0 atom stereocenters. The lowest BCUT2D eigenvalue weighted by Gasteiger charge is -2.33. The summed E-state index contributed by atoms with van der Waals surface area (Å²) in [4.78, 5) is 11.5. The van der Waals surface area contributed by atoms with Crippen LogP contribution in [0.4, 0.5) is 0 Å². The Morgan fingerprint density at radius 1 is 1.23 bits per heavy atom. The maximum Gasteiger partial charge on any atom is 0.333 e. The van der Waals surface area contributed by atoms with E-state index in [1.54, 1.807) is 13.0 Å². The zero-order valence-corrected chi connectivity index (χ0v) is 14.6. The molecule has 0 aliphatic carbocycles. The van der Waals surface area contributed by atoms with Gasteiger partial charge in [0.1, 0.15) is 12.4 Å². The van der Waals surface area contributed by atoms with Gasteiger partial charge in [-0.15, -0.1) is 0 Å². The van der Waals surface area contributed by atoms with Gasteiger partial charge in [0.2, 0.25) is 0 Å². The zero-order chi connectivity index (χ0) is 17.1. The van der Waals surface area contributed by atoms with Crippen molar-refractivity contribution in [3.05, 3.63) is 41.5 Å². The van der Waals surface area contributed by atoms with E-state index < -0.39 is 5.97 Å². The maximum atomic E-state index is 11.5. The van der Waals surface area contributed by atoms with Gasteiger partial charge in [0.05, 0.1) is 0 Å². The Hall–Kier alpha value is -1.77. The number of carbonyl (C=O) groups is 1. The molecular weight excluding hydrogens is 276 g/mol. The molecule has 0 fully saturated rings. The van der Waals surface area contributed by atoms with E-state index in [1.807, 2.05) is 12.1 Å². The fourth-order valence-electron chi connectivity index (χ4n) is 2.82. The first-order valence-corrected chi connectivity index (χ1v) is 7.57. The predicted octanol–water partition coefficient (Wildman–Crippen LogP) is 4.73. The summed E-state index contributed by atoms with van der Waals surface area (Å²) in [6, 6.07) is 5.53. The van der Waals surface area contributed by atoms with Gasteiger partial charge in [-0.3, -0.25) is 0 Å². The molecule has 0 amide bonds. The highest BCUT2D eigenvalue weighted by molar-refractivity contribution is 5.86. The molecule has 122 valence electrons. The molecule has 1 aromatic rings. The average molecular weight is 304 g/mol. The van der Waals surface area contributed by atoms with Crippen molar-refractivity contribution in [1.82, 2.24) is 0 Å². The standard InChI is InChI=1S/C19H28O3/c1-13(2)17(21)22-11-14-10-15(8-9-16(14)20)19(6,7)12-18(3,4)5/h8-10,20H,1,11-12H2,2-7H3. The van der Waals surface area contributed by atoms with Gasteiger partial charge in [-0.1, -0.05) is 47.3 Å². The number of phenolic OH excluding ortho intramolecular Hbond substituents is 1. The Labute approximate surface area is 134 Å². The van der Waals surface area contributed by atoms with Crippen LogP contribution in [0.2, 0.25) is 0 Å². The van der Waals surface area contributed by atoms with Crippen LogP contribution in [0.15, 0.2) is 30.4 Å². The Bertz CT molecular complexity index is 563. The number of aromatic hydroxyl groups is 1. The monoisotopic (exact) mass is 304 g/mol. The molecule has 0 aromatic heterocycles. The Morgan fingerprint density at radius 2 is 1.82 bits per heavy atom. The first-order chi connectivity index (χ1) is 9.92. The highest BCUT2D eigenvalue weighted by Crippen LogP contribution is 2.37. The summed E-state index contributed by atoms with van der Waals surface area (Å²) in [5, 5.41) is 9.97. The van der Waals surface area contributed by atoms with Crippen molar-refractivity contribution in [3.63, 3.8) is 0 Å². The van der Waals surface area contributed by atoms with E-state index in [1.165, 1.54) is 0 Å². The van der Waals surface area contributed by atoms with Gasteiger partial charge >= 0.3 is 5.97 Å². The van der Waals surface area contributed by atoms with Gasteiger partial charge in [-0.25, -0.2) is 4.79 Å². The van der Waals surface area contributed by atoms with Crippen molar-refractivity contribution in [2.75, 3.05) is 0 Å². The van der Waals surface area contributed by atoms with Crippen molar-refractivity contribution in [2.45, 2.75) is 60.0 Å². The summed E-state index contributed by atoms with van der Waals surface area (Å²) >= 11 is 0. The lowest BCUT2D eigenvalue weighted by Crippen LogP contribution is -2.25. The van der Waals surface area contributed by atoms with E-state index in [-0.39, 0.29) is 23.2 Å². The molecule has 22 heavy (non-hydrogen) atoms. The summed E-state index contributed by atoms with van der Waals surface area (Å²) in [6.07, 6.45) is 1.01. The molecule has 0 bridgehead atoms. The molecule has 1 aromatic carbocycles. The van der Waals surface area contributed by atoms with Gasteiger partial charge < -0.3 is 9.84 Å². The van der Waals surface area contributed by atoms with Gasteiger partial charge in [0.15, 0.2) is 0 Å². The van der Waals surface area contributed by atoms with Crippen LogP contribution in [-0.2, 0) is 21.6 Å². The number of esters is 1. The summed E-state index contributed by atoms with van der Waals surface area (Å²) < 4.78 is 5.14. The van der Waals surface area contributed by atoms with E-state index in [4.69, 9.17) is 4.74 Å². The van der Waals surface area contributed by atoms with Crippen molar-refractivity contribution in [1.29, 1.82) is 0 Å². The topological polar surface area (TPSA) is 46.5 Å². The second-order valence-corrected chi connectivity index (χ2v) is 7.82. The molecule has 1 N–H and O–H groups in total. The van der Waals surface area contributed by atoms with Gasteiger partial charge in [0.25, 0.3) is 0 Å². The maximum absolute atomic E-state index is 11.5. The summed E-state index contributed by atoms with van der Waals surface area (Å²) in [7, 11) is 0. The van der Waals surface area contributed by atoms with Gasteiger partial charge in [-0.05, 0) is 41.9 Å². The second kappa shape index (κ2) is 6.55. The molecule has 0 heterocycles. The van der Waals surface area contributed by atoms with Crippen molar-refractivity contribution >= 4 is 5.97 Å². The fourth-order valence-corrected chi connectivity index (χ4v) is 2.82. The van der Waals surface area contributed by atoms with Gasteiger partial charge in [-0.2, -0.15) is 0 Å².